The van der Waals surface area contributed by atoms with E-state index >= 15 is 0 Å². The Bertz CT molecular complexity index is 933. The topological polar surface area (TPSA) is 65.0 Å². The molecule has 5 nitrogen and oxygen atoms in total. The van der Waals surface area contributed by atoms with Crippen LogP contribution in [0.15, 0.2) is 62.0 Å². The minimum atomic E-state index is 0.490. The van der Waals surface area contributed by atoms with Gasteiger partial charge in [0.05, 0.1) is 16.8 Å². The zero-order valence-electron chi connectivity index (χ0n) is 12.2. The average molecular weight is 376 g/mol. The number of hydrogen-bond donors (Lipinski definition) is 0. The Morgan fingerprint density at radius 2 is 1.96 bits per heavy atom. The third kappa shape index (κ3) is 3.38. The number of thiophene rings is 1. The molecular weight excluding hydrogens is 366 g/mol. The Hall–Kier alpha value is -2.09. The van der Waals surface area contributed by atoms with E-state index in [1.54, 1.807) is 17.5 Å². The first-order valence-corrected chi connectivity index (χ1v) is 9.23. The first kappa shape index (κ1) is 15.4. The second-order valence-corrected chi connectivity index (χ2v) is 7.07. The minimum absolute atomic E-state index is 0.490. The molecule has 3 aromatic heterocycles. The SMILES string of the molecule is Clc1ccc(-c2cnc(CSc3nnc(-c4cccs4)o3)o2)cc1. The minimum Gasteiger partial charge on any atom is -0.440 e. The van der Waals surface area contributed by atoms with E-state index in [1.807, 2.05) is 41.8 Å². The van der Waals surface area contributed by atoms with Crippen LogP contribution >= 0.6 is 34.7 Å². The van der Waals surface area contributed by atoms with Crippen molar-refractivity contribution in [1.82, 2.24) is 15.2 Å². The van der Waals surface area contributed by atoms with Crippen LogP contribution in [-0.4, -0.2) is 15.2 Å². The molecule has 120 valence electrons. The van der Waals surface area contributed by atoms with Gasteiger partial charge in [-0.15, -0.1) is 21.5 Å². The fourth-order valence-corrected chi connectivity index (χ4v) is 3.40. The van der Waals surface area contributed by atoms with Crippen molar-refractivity contribution in [2.45, 2.75) is 11.0 Å². The molecule has 0 aliphatic heterocycles. The fourth-order valence-electron chi connectivity index (χ4n) is 2.02. The van der Waals surface area contributed by atoms with Crippen LogP contribution in [0.4, 0.5) is 0 Å². The molecule has 4 aromatic rings. The molecule has 0 aliphatic rings. The number of rotatable bonds is 5. The van der Waals surface area contributed by atoms with E-state index in [0.29, 0.717) is 33.5 Å². The van der Waals surface area contributed by atoms with Gasteiger partial charge in [0, 0.05) is 10.6 Å². The molecule has 0 fully saturated rings. The lowest BCUT2D eigenvalue weighted by Gasteiger charge is -1.96. The molecular formula is C16H10ClN3O2S2. The highest BCUT2D eigenvalue weighted by molar-refractivity contribution is 7.98. The molecule has 0 unspecified atom stereocenters. The highest BCUT2D eigenvalue weighted by Gasteiger charge is 2.12. The van der Waals surface area contributed by atoms with Gasteiger partial charge in [0.1, 0.15) is 0 Å². The van der Waals surface area contributed by atoms with Crippen molar-refractivity contribution in [2.75, 3.05) is 0 Å². The van der Waals surface area contributed by atoms with Crippen molar-refractivity contribution in [3.05, 3.63) is 58.9 Å². The van der Waals surface area contributed by atoms with Gasteiger partial charge < -0.3 is 8.83 Å². The van der Waals surface area contributed by atoms with E-state index in [4.69, 9.17) is 20.4 Å². The predicted octanol–water partition coefficient (Wildman–Crippen LogP) is 5.40. The summed E-state index contributed by atoms with van der Waals surface area (Å²) >= 11 is 8.84. The molecule has 0 saturated carbocycles. The highest BCUT2D eigenvalue weighted by atomic mass is 35.5. The quantitative estimate of drug-likeness (QED) is 0.435. The summed E-state index contributed by atoms with van der Waals surface area (Å²) in [6.45, 7) is 0. The summed E-state index contributed by atoms with van der Waals surface area (Å²) in [5.74, 6) is 2.34. The van der Waals surface area contributed by atoms with Crippen LogP contribution in [0.3, 0.4) is 0 Å². The van der Waals surface area contributed by atoms with Gasteiger partial charge in [-0.25, -0.2) is 4.98 Å². The van der Waals surface area contributed by atoms with E-state index in [9.17, 15) is 0 Å². The van der Waals surface area contributed by atoms with E-state index in [1.165, 1.54) is 11.8 Å². The smallest absolute Gasteiger partial charge is 0.277 e. The summed E-state index contributed by atoms with van der Waals surface area (Å²) in [5, 5.41) is 11.2. The zero-order chi connectivity index (χ0) is 16.4. The normalized spacial score (nSPS) is 11.0. The Morgan fingerprint density at radius 1 is 1.08 bits per heavy atom. The van der Waals surface area contributed by atoms with Crippen molar-refractivity contribution in [3.63, 3.8) is 0 Å². The van der Waals surface area contributed by atoms with Crippen LogP contribution in [-0.2, 0) is 5.75 Å². The molecule has 0 bridgehead atoms. The summed E-state index contributed by atoms with van der Waals surface area (Å²) in [7, 11) is 0. The van der Waals surface area contributed by atoms with Crippen LogP contribution in [0, 0.1) is 0 Å². The van der Waals surface area contributed by atoms with Gasteiger partial charge in [-0.1, -0.05) is 29.4 Å². The van der Waals surface area contributed by atoms with Crippen molar-refractivity contribution in [2.24, 2.45) is 0 Å². The largest absolute Gasteiger partial charge is 0.440 e. The monoisotopic (exact) mass is 375 g/mol. The lowest BCUT2D eigenvalue weighted by Crippen LogP contribution is -1.79. The molecule has 3 heterocycles. The molecule has 8 heteroatoms. The summed E-state index contributed by atoms with van der Waals surface area (Å²) < 4.78 is 11.4. The molecule has 4 rings (SSSR count). The summed E-state index contributed by atoms with van der Waals surface area (Å²) in [6, 6.07) is 11.3. The second kappa shape index (κ2) is 6.80. The van der Waals surface area contributed by atoms with Gasteiger partial charge in [-0.2, -0.15) is 0 Å². The molecule has 24 heavy (non-hydrogen) atoms. The molecule has 0 radical (unpaired) electrons. The van der Waals surface area contributed by atoms with Crippen LogP contribution in [0.5, 0.6) is 0 Å². The van der Waals surface area contributed by atoms with Crippen LogP contribution in [0.2, 0.25) is 5.02 Å². The fraction of sp³-hybridized carbons (Fsp3) is 0.0625. The van der Waals surface area contributed by atoms with Crippen molar-refractivity contribution in [3.8, 4) is 22.1 Å². The van der Waals surface area contributed by atoms with Gasteiger partial charge in [0.15, 0.2) is 5.76 Å². The Kier molecular flexibility index (Phi) is 4.38. The first-order valence-electron chi connectivity index (χ1n) is 6.99. The van der Waals surface area contributed by atoms with Crippen molar-refractivity contribution >= 4 is 34.7 Å². The van der Waals surface area contributed by atoms with E-state index < -0.39 is 0 Å². The standard InChI is InChI=1S/C16H10ClN3O2S2/c17-11-5-3-10(4-6-11)12-8-18-14(21-12)9-24-16-20-19-15(22-16)13-2-1-7-23-13/h1-8H,9H2. The maximum absolute atomic E-state index is 5.89. The molecule has 0 atom stereocenters. The van der Waals surface area contributed by atoms with Crippen molar-refractivity contribution in [1.29, 1.82) is 0 Å². The second-order valence-electron chi connectivity index (χ2n) is 4.76. The maximum atomic E-state index is 5.89. The molecule has 0 N–H and O–H groups in total. The van der Waals surface area contributed by atoms with Gasteiger partial charge in [0.25, 0.3) is 11.1 Å². The van der Waals surface area contributed by atoms with Crippen LogP contribution in [0.25, 0.3) is 22.1 Å². The summed E-state index contributed by atoms with van der Waals surface area (Å²) in [6.07, 6.45) is 1.70. The molecule has 0 amide bonds. The number of aromatic nitrogens is 3. The van der Waals surface area contributed by atoms with Gasteiger partial charge >= 0.3 is 0 Å². The van der Waals surface area contributed by atoms with Gasteiger partial charge in [-0.05, 0) is 35.7 Å². The number of hydrogen-bond acceptors (Lipinski definition) is 7. The zero-order valence-corrected chi connectivity index (χ0v) is 14.6. The molecule has 1 aromatic carbocycles. The third-order valence-corrected chi connectivity index (χ3v) is 5.05. The number of benzene rings is 1. The van der Waals surface area contributed by atoms with E-state index in [2.05, 4.69) is 15.2 Å². The molecule has 0 saturated heterocycles. The Morgan fingerprint density at radius 3 is 2.75 bits per heavy atom. The number of oxazole rings is 1. The number of thioether (sulfide) groups is 1. The lowest BCUT2D eigenvalue weighted by molar-refractivity contribution is 0.465. The average Bonchev–Trinajstić information content (AvgIpc) is 3.34. The third-order valence-electron chi connectivity index (χ3n) is 3.14. The van der Waals surface area contributed by atoms with Gasteiger partial charge in [-0.3, -0.25) is 0 Å². The van der Waals surface area contributed by atoms with Crippen LogP contribution in [0.1, 0.15) is 5.89 Å². The lowest BCUT2D eigenvalue weighted by atomic mass is 10.2. The maximum Gasteiger partial charge on any atom is 0.277 e. The number of nitrogens with zero attached hydrogens (tertiary/aromatic N) is 3. The van der Waals surface area contributed by atoms with E-state index in [0.717, 1.165) is 10.4 Å². The summed E-state index contributed by atoms with van der Waals surface area (Å²) in [4.78, 5) is 5.23. The highest BCUT2D eigenvalue weighted by Crippen LogP contribution is 2.29. The number of halogens is 1. The van der Waals surface area contributed by atoms with Crippen molar-refractivity contribution < 1.29 is 8.83 Å². The Balaban J connectivity index is 1.42. The van der Waals surface area contributed by atoms with Gasteiger partial charge in [0.2, 0.25) is 5.89 Å². The molecule has 0 spiro atoms. The van der Waals surface area contributed by atoms with E-state index in [-0.39, 0.29) is 0 Å². The molecule has 0 aliphatic carbocycles. The Labute approximate surface area is 150 Å². The predicted molar refractivity (Wildman–Crippen MR) is 94.1 cm³/mol. The summed E-state index contributed by atoms with van der Waals surface area (Å²) in [5.41, 5.74) is 0.931. The van der Waals surface area contributed by atoms with Crippen LogP contribution < -0.4 is 0 Å². The first-order chi connectivity index (χ1) is 11.8.